The van der Waals surface area contributed by atoms with E-state index in [2.05, 4.69) is 15.5 Å². The molecule has 0 saturated heterocycles. The van der Waals surface area contributed by atoms with Crippen LogP contribution in [0.5, 0.6) is 0 Å². The molecule has 5 nitrogen and oxygen atoms in total. The Labute approximate surface area is 119 Å². The summed E-state index contributed by atoms with van der Waals surface area (Å²) in [7, 11) is 0. The van der Waals surface area contributed by atoms with Crippen LogP contribution in [0.1, 0.15) is 12.5 Å². The number of anilines is 1. The van der Waals surface area contributed by atoms with Gasteiger partial charge in [0.25, 0.3) is 0 Å². The van der Waals surface area contributed by atoms with Crippen molar-refractivity contribution in [2.75, 3.05) is 5.73 Å². The maximum absolute atomic E-state index is 11.9. The predicted octanol–water partition coefficient (Wildman–Crippen LogP) is 1.92. The topological polar surface area (TPSA) is 80.9 Å². The molecule has 0 aliphatic rings. The number of thioether (sulfide) groups is 1. The van der Waals surface area contributed by atoms with Gasteiger partial charge in [-0.3, -0.25) is 4.79 Å². The highest BCUT2D eigenvalue weighted by molar-refractivity contribution is 8.02. The largest absolute Gasteiger partial charge is 0.374 e. The lowest BCUT2D eigenvalue weighted by Crippen LogP contribution is -2.30. The van der Waals surface area contributed by atoms with Gasteiger partial charge >= 0.3 is 0 Å². The van der Waals surface area contributed by atoms with Crippen molar-refractivity contribution >= 4 is 34.1 Å². The predicted molar refractivity (Wildman–Crippen MR) is 77.9 cm³/mol. The van der Waals surface area contributed by atoms with E-state index in [4.69, 9.17) is 5.73 Å². The molecule has 1 atom stereocenters. The van der Waals surface area contributed by atoms with Crippen LogP contribution in [0.25, 0.3) is 0 Å². The fraction of sp³-hybridized carbons (Fsp3) is 0.250. The van der Waals surface area contributed by atoms with Crippen LogP contribution in [0, 0.1) is 0 Å². The lowest BCUT2D eigenvalue weighted by atomic mass is 10.2. The Morgan fingerprint density at radius 2 is 2.16 bits per heavy atom. The van der Waals surface area contributed by atoms with Crippen LogP contribution >= 0.6 is 23.1 Å². The highest BCUT2D eigenvalue weighted by Crippen LogP contribution is 2.27. The molecule has 1 aromatic carbocycles. The summed E-state index contributed by atoms with van der Waals surface area (Å²) in [6.45, 7) is 2.37. The zero-order valence-corrected chi connectivity index (χ0v) is 12.0. The van der Waals surface area contributed by atoms with E-state index in [0.717, 1.165) is 5.56 Å². The van der Waals surface area contributed by atoms with Gasteiger partial charge in [0.05, 0.1) is 5.25 Å². The van der Waals surface area contributed by atoms with Gasteiger partial charge in [-0.1, -0.05) is 53.4 Å². The molecule has 0 saturated carbocycles. The van der Waals surface area contributed by atoms with Gasteiger partial charge in [0.1, 0.15) is 0 Å². The Bertz CT molecular complexity index is 544. The Morgan fingerprint density at radius 3 is 2.79 bits per heavy atom. The molecule has 0 spiro atoms. The van der Waals surface area contributed by atoms with Crippen LogP contribution in [0.15, 0.2) is 34.7 Å². The van der Waals surface area contributed by atoms with Crippen molar-refractivity contribution in [1.29, 1.82) is 0 Å². The number of nitrogen functional groups attached to an aromatic ring is 1. The minimum absolute atomic E-state index is 0.0253. The van der Waals surface area contributed by atoms with Crippen molar-refractivity contribution < 1.29 is 4.79 Å². The Balaban J connectivity index is 1.82. The summed E-state index contributed by atoms with van der Waals surface area (Å²) >= 11 is 2.65. The summed E-state index contributed by atoms with van der Waals surface area (Å²) in [5.41, 5.74) is 6.57. The van der Waals surface area contributed by atoms with E-state index in [9.17, 15) is 4.79 Å². The van der Waals surface area contributed by atoms with Crippen LogP contribution in [0.3, 0.4) is 0 Å². The molecule has 19 heavy (non-hydrogen) atoms. The molecule has 0 radical (unpaired) electrons. The second kappa shape index (κ2) is 6.53. The third-order valence-electron chi connectivity index (χ3n) is 2.38. The summed E-state index contributed by atoms with van der Waals surface area (Å²) in [6.07, 6.45) is 0. The summed E-state index contributed by atoms with van der Waals surface area (Å²) in [6, 6.07) is 9.80. The quantitative estimate of drug-likeness (QED) is 0.823. The molecule has 0 fully saturated rings. The van der Waals surface area contributed by atoms with E-state index < -0.39 is 0 Å². The molecule has 7 heteroatoms. The molecule has 1 heterocycles. The van der Waals surface area contributed by atoms with Crippen LogP contribution in [0.4, 0.5) is 5.13 Å². The monoisotopic (exact) mass is 294 g/mol. The third kappa shape index (κ3) is 4.22. The Hall–Kier alpha value is -1.60. The van der Waals surface area contributed by atoms with E-state index in [1.165, 1.54) is 23.1 Å². The van der Waals surface area contributed by atoms with Crippen LogP contribution in [-0.4, -0.2) is 21.4 Å². The maximum atomic E-state index is 11.9. The summed E-state index contributed by atoms with van der Waals surface area (Å²) < 4.78 is 0.708. The van der Waals surface area contributed by atoms with Gasteiger partial charge in [0, 0.05) is 6.54 Å². The molecule has 2 aromatic rings. The van der Waals surface area contributed by atoms with Crippen LogP contribution in [-0.2, 0) is 11.3 Å². The van der Waals surface area contributed by atoms with E-state index in [-0.39, 0.29) is 11.2 Å². The fourth-order valence-corrected chi connectivity index (χ4v) is 3.21. The minimum atomic E-state index is -0.226. The number of hydrogen-bond donors (Lipinski definition) is 2. The lowest BCUT2D eigenvalue weighted by Gasteiger charge is -2.10. The van der Waals surface area contributed by atoms with Crippen molar-refractivity contribution in [1.82, 2.24) is 15.5 Å². The van der Waals surface area contributed by atoms with Gasteiger partial charge in [-0.15, -0.1) is 10.2 Å². The first-order chi connectivity index (χ1) is 9.15. The molecule has 1 amide bonds. The second-order valence-corrected chi connectivity index (χ2v) is 6.47. The van der Waals surface area contributed by atoms with Gasteiger partial charge < -0.3 is 11.1 Å². The van der Waals surface area contributed by atoms with Gasteiger partial charge in [-0.05, 0) is 12.5 Å². The number of nitrogens with two attached hydrogens (primary N) is 1. The highest BCUT2D eigenvalue weighted by Gasteiger charge is 2.16. The number of nitrogens with zero attached hydrogens (tertiary/aromatic N) is 2. The van der Waals surface area contributed by atoms with Crippen LogP contribution < -0.4 is 11.1 Å². The molecule has 2 rings (SSSR count). The number of carbonyl (C=O) groups is 1. The van der Waals surface area contributed by atoms with Gasteiger partial charge in [-0.25, -0.2) is 0 Å². The summed E-state index contributed by atoms with van der Waals surface area (Å²) in [4.78, 5) is 11.9. The normalized spacial score (nSPS) is 12.1. The van der Waals surface area contributed by atoms with E-state index in [1.807, 2.05) is 37.3 Å². The molecule has 0 aliphatic carbocycles. The number of benzene rings is 1. The summed E-state index contributed by atoms with van der Waals surface area (Å²) in [5, 5.41) is 10.7. The zero-order chi connectivity index (χ0) is 13.7. The van der Waals surface area contributed by atoms with Crippen molar-refractivity contribution in [2.45, 2.75) is 23.1 Å². The number of aromatic nitrogens is 2. The van der Waals surface area contributed by atoms with E-state index >= 15 is 0 Å². The van der Waals surface area contributed by atoms with Crippen molar-refractivity contribution in [3.8, 4) is 0 Å². The zero-order valence-electron chi connectivity index (χ0n) is 10.4. The van der Waals surface area contributed by atoms with Crippen molar-refractivity contribution in [3.05, 3.63) is 35.9 Å². The first kappa shape index (κ1) is 13.8. The molecule has 1 aromatic heterocycles. The van der Waals surface area contributed by atoms with E-state index in [0.29, 0.717) is 16.0 Å². The smallest absolute Gasteiger partial charge is 0.233 e. The number of nitrogens with one attached hydrogen (secondary N) is 1. The molecule has 0 bridgehead atoms. The first-order valence-corrected chi connectivity index (χ1v) is 7.42. The van der Waals surface area contributed by atoms with E-state index in [1.54, 1.807) is 0 Å². The molecular weight excluding hydrogens is 280 g/mol. The van der Waals surface area contributed by atoms with Gasteiger partial charge in [-0.2, -0.15) is 0 Å². The molecule has 0 unspecified atom stereocenters. The SMILES string of the molecule is C[C@H](Sc1nnc(N)s1)C(=O)NCc1ccccc1. The van der Waals surface area contributed by atoms with Crippen molar-refractivity contribution in [2.24, 2.45) is 0 Å². The number of carbonyl (C=O) groups excluding carboxylic acids is 1. The number of amides is 1. The Kier molecular flexibility index (Phi) is 4.75. The number of rotatable bonds is 5. The van der Waals surface area contributed by atoms with Gasteiger partial charge in [0.2, 0.25) is 11.0 Å². The second-order valence-electron chi connectivity index (χ2n) is 3.87. The average Bonchev–Trinajstić information content (AvgIpc) is 2.82. The van der Waals surface area contributed by atoms with Gasteiger partial charge in [0.15, 0.2) is 4.34 Å². The standard InChI is InChI=1S/C12H14N4OS2/c1-8(18-12-16-15-11(13)19-12)10(17)14-7-9-5-3-2-4-6-9/h2-6,8H,7H2,1H3,(H2,13,15)(H,14,17)/t8-/m0/s1. The Morgan fingerprint density at radius 1 is 1.42 bits per heavy atom. The molecular formula is C12H14N4OS2. The first-order valence-electron chi connectivity index (χ1n) is 5.72. The van der Waals surface area contributed by atoms with Crippen LogP contribution in [0.2, 0.25) is 0 Å². The summed E-state index contributed by atoms with van der Waals surface area (Å²) in [5.74, 6) is -0.0253. The molecule has 0 aliphatic heterocycles. The number of hydrogen-bond acceptors (Lipinski definition) is 6. The lowest BCUT2D eigenvalue weighted by molar-refractivity contribution is -0.120. The van der Waals surface area contributed by atoms with Crippen molar-refractivity contribution in [3.63, 3.8) is 0 Å². The minimum Gasteiger partial charge on any atom is -0.374 e. The molecule has 3 N–H and O–H groups in total. The molecule has 100 valence electrons. The fourth-order valence-electron chi connectivity index (χ4n) is 1.40. The average molecular weight is 294 g/mol. The third-order valence-corrected chi connectivity index (χ3v) is 4.32. The highest BCUT2D eigenvalue weighted by atomic mass is 32.2. The maximum Gasteiger partial charge on any atom is 0.233 e.